The maximum absolute atomic E-state index is 12.7. The summed E-state index contributed by atoms with van der Waals surface area (Å²) in [5.74, 6) is -0.938. The van der Waals surface area contributed by atoms with Crippen molar-refractivity contribution in [1.82, 2.24) is 5.32 Å². The van der Waals surface area contributed by atoms with Crippen LogP contribution in [0.25, 0.3) is 0 Å². The van der Waals surface area contributed by atoms with Crippen molar-refractivity contribution in [3.63, 3.8) is 0 Å². The Morgan fingerprint density at radius 2 is 1.73 bits per heavy atom. The van der Waals surface area contributed by atoms with E-state index in [0.29, 0.717) is 30.0 Å². The molecule has 1 aliphatic heterocycles. The molecule has 6 nitrogen and oxygen atoms in total. The lowest BCUT2D eigenvalue weighted by Crippen LogP contribution is -2.32. The van der Waals surface area contributed by atoms with Crippen LogP contribution in [0.1, 0.15) is 33.5 Å². The van der Waals surface area contributed by atoms with E-state index in [1.165, 1.54) is 11.1 Å². The van der Waals surface area contributed by atoms with Crippen LogP contribution in [0.2, 0.25) is 0 Å². The van der Waals surface area contributed by atoms with Crippen LogP contribution < -0.4 is 15.5 Å². The van der Waals surface area contributed by atoms with Gasteiger partial charge in [-0.2, -0.15) is 0 Å². The van der Waals surface area contributed by atoms with Gasteiger partial charge in [0.25, 0.3) is 5.91 Å². The van der Waals surface area contributed by atoms with E-state index in [4.69, 9.17) is 0 Å². The number of hydrogen-bond donors (Lipinski definition) is 2. The van der Waals surface area contributed by atoms with Crippen molar-refractivity contribution in [3.05, 3.63) is 95.1 Å². The summed E-state index contributed by atoms with van der Waals surface area (Å²) in [6.45, 7) is 4.82. The molecule has 0 saturated carbocycles. The molecule has 3 amide bonds. The van der Waals surface area contributed by atoms with Crippen molar-refractivity contribution >= 4 is 29.1 Å². The van der Waals surface area contributed by atoms with Gasteiger partial charge in [0.2, 0.25) is 11.8 Å². The highest BCUT2D eigenvalue weighted by atomic mass is 16.2. The summed E-state index contributed by atoms with van der Waals surface area (Å²) in [4.78, 5) is 39.6. The van der Waals surface area contributed by atoms with Gasteiger partial charge in [0.05, 0.1) is 5.92 Å². The van der Waals surface area contributed by atoms with E-state index < -0.39 is 5.92 Å². The second-order valence-corrected chi connectivity index (χ2v) is 8.41. The predicted octanol–water partition coefficient (Wildman–Crippen LogP) is 4.23. The van der Waals surface area contributed by atoms with Gasteiger partial charge in [-0.1, -0.05) is 42.5 Å². The zero-order valence-corrected chi connectivity index (χ0v) is 18.8. The van der Waals surface area contributed by atoms with Crippen molar-refractivity contribution < 1.29 is 14.4 Å². The average Bonchev–Trinajstić information content (AvgIpc) is 3.22. The number of hydrogen-bond acceptors (Lipinski definition) is 3. The smallest absolute Gasteiger partial charge is 0.255 e. The molecule has 1 saturated heterocycles. The molecule has 0 bridgehead atoms. The number of nitrogens with one attached hydrogen (secondary N) is 2. The van der Waals surface area contributed by atoms with Crippen LogP contribution in [0.5, 0.6) is 0 Å². The van der Waals surface area contributed by atoms with Crippen LogP contribution in [0, 0.1) is 19.8 Å². The van der Waals surface area contributed by atoms with Gasteiger partial charge in [-0.15, -0.1) is 0 Å². The summed E-state index contributed by atoms with van der Waals surface area (Å²) in [5.41, 5.74) is 5.19. The molecule has 3 aromatic carbocycles. The zero-order chi connectivity index (χ0) is 23.4. The Labute approximate surface area is 193 Å². The second-order valence-electron chi connectivity index (χ2n) is 8.41. The Morgan fingerprint density at radius 1 is 0.939 bits per heavy atom. The molecule has 168 valence electrons. The number of nitrogens with zero attached hydrogens (tertiary/aromatic N) is 1. The van der Waals surface area contributed by atoms with Crippen molar-refractivity contribution in [2.24, 2.45) is 5.92 Å². The first-order valence-corrected chi connectivity index (χ1v) is 11.0. The number of carbonyl (C=O) groups excluding carboxylic acids is 3. The number of aryl methyl sites for hydroxylation is 2. The van der Waals surface area contributed by atoms with Crippen LogP contribution >= 0.6 is 0 Å². The van der Waals surface area contributed by atoms with Gasteiger partial charge in [0.1, 0.15) is 0 Å². The molecule has 1 fully saturated rings. The van der Waals surface area contributed by atoms with E-state index in [2.05, 4.69) is 23.6 Å². The minimum atomic E-state index is -0.425. The van der Waals surface area contributed by atoms with E-state index in [-0.39, 0.29) is 24.1 Å². The fourth-order valence-electron chi connectivity index (χ4n) is 3.92. The minimum Gasteiger partial charge on any atom is -0.352 e. The number of para-hydroxylation sites is 1. The van der Waals surface area contributed by atoms with Gasteiger partial charge >= 0.3 is 0 Å². The topological polar surface area (TPSA) is 78.5 Å². The van der Waals surface area contributed by atoms with Gasteiger partial charge in [-0.25, -0.2) is 0 Å². The van der Waals surface area contributed by atoms with Crippen molar-refractivity contribution in [3.8, 4) is 0 Å². The first kappa shape index (κ1) is 22.3. The normalized spacial score (nSPS) is 15.4. The Balaban J connectivity index is 1.39. The molecule has 1 unspecified atom stereocenters. The number of anilines is 2. The van der Waals surface area contributed by atoms with Gasteiger partial charge in [-0.3, -0.25) is 14.4 Å². The summed E-state index contributed by atoms with van der Waals surface area (Å²) in [6, 6.07) is 22.2. The lowest BCUT2D eigenvalue weighted by molar-refractivity contribution is -0.126. The summed E-state index contributed by atoms with van der Waals surface area (Å²) in [5, 5.41) is 5.80. The van der Waals surface area contributed by atoms with Crippen LogP contribution in [-0.4, -0.2) is 24.3 Å². The Morgan fingerprint density at radius 3 is 2.48 bits per heavy atom. The van der Waals surface area contributed by atoms with E-state index in [0.717, 1.165) is 5.56 Å². The van der Waals surface area contributed by atoms with Crippen LogP contribution in [0.4, 0.5) is 11.4 Å². The Bertz CT molecular complexity index is 1190. The van der Waals surface area contributed by atoms with Crippen LogP contribution in [-0.2, 0) is 16.1 Å². The van der Waals surface area contributed by atoms with Gasteiger partial charge < -0.3 is 15.5 Å². The fourth-order valence-corrected chi connectivity index (χ4v) is 3.92. The quantitative estimate of drug-likeness (QED) is 0.601. The van der Waals surface area contributed by atoms with Crippen LogP contribution in [0.15, 0.2) is 72.8 Å². The number of carbonyl (C=O) groups is 3. The standard InChI is InChI=1S/C27H27N3O3/c1-18-11-12-20(13-19(18)2)16-28-26(32)22-15-25(31)30(17-22)24-10-6-7-21(14-24)27(33)29-23-8-4-3-5-9-23/h3-14,22H,15-17H2,1-2H3,(H,28,32)(H,29,33). The second kappa shape index (κ2) is 9.69. The van der Waals surface area contributed by atoms with Crippen molar-refractivity contribution in [1.29, 1.82) is 0 Å². The van der Waals surface area contributed by atoms with Gasteiger partial charge in [-0.05, 0) is 60.9 Å². The third kappa shape index (κ3) is 5.29. The molecule has 0 spiro atoms. The van der Waals surface area contributed by atoms with Gasteiger partial charge in [0, 0.05) is 36.4 Å². The summed E-state index contributed by atoms with van der Waals surface area (Å²) in [7, 11) is 0. The van der Waals surface area contributed by atoms with Gasteiger partial charge in [0.15, 0.2) is 0 Å². The fraction of sp³-hybridized carbons (Fsp3) is 0.222. The third-order valence-corrected chi connectivity index (χ3v) is 5.99. The lowest BCUT2D eigenvalue weighted by Gasteiger charge is -2.18. The van der Waals surface area contributed by atoms with E-state index in [9.17, 15) is 14.4 Å². The molecular formula is C27H27N3O3. The monoisotopic (exact) mass is 441 g/mol. The van der Waals surface area contributed by atoms with E-state index in [1.807, 2.05) is 49.4 Å². The molecule has 2 N–H and O–H groups in total. The highest BCUT2D eigenvalue weighted by Gasteiger charge is 2.35. The summed E-state index contributed by atoms with van der Waals surface area (Å²) in [6.07, 6.45) is 0.152. The van der Waals surface area contributed by atoms with E-state index >= 15 is 0 Å². The highest BCUT2D eigenvalue weighted by molar-refractivity contribution is 6.06. The summed E-state index contributed by atoms with van der Waals surface area (Å²) >= 11 is 0. The Kier molecular flexibility index (Phi) is 6.54. The lowest BCUT2D eigenvalue weighted by atomic mass is 10.1. The molecule has 1 aliphatic rings. The van der Waals surface area contributed by atoms with E-state index in [1.54, 1.807) is 29.2 Å². The molecule has 0 aromatic heterocycles. The zero-order valence-electron chi connectivity index (χ0n) is 18.8. The predicted molar refractivity (Wildman–Crippen MR) is 129 cm³/mol. The summed E-state index contributed by atoms with van der Waals surface area (Å²) < 4.78 is 0. The maximum Gasteiger partial charge on any atom is 0.255 e. The number of rotatable bonds is 6. The average molecular weight is 442 g/mol. The SMILES string of the molecule is Cc1ccc(CNC(=O)C2CC(=O)N(c3cccc(C(=O)Nc4ccccc4)c3)C2)cc1C. The number of benzene rings is 3. The molecule has 1 atom stereocenters. The molecular weight excluding hydrogens is 414 g/mol. The first-order chi connectivity index (χ1) is 15.9. The van der Waals surface area contributed by atoms with Crippen LogP contribution in [0.3, 0.4) is 0 Å². The maximum atomic E-state index is 12.7. The molecule has 0 aliphatic carbocycles. The van der Waals surface area contributed by atoms with Crippen molar-refractivity contribution in [2.75, 3.05) is 16.8 Å². The first-order valence-electron chi connectivity index (χ1n) is 11.0. The Hall–Kier alpha value is -3.93. The molecule has 1 heterocycles. The number of amides is 3. The molecule has 33 heavy (non-hydrogen) atoms. The molecule has 4 rings (SSSR count). The van der Waals surface area contributed by atoms with Crippen molar-refractivity contribution in [2.45, 2.75) is 26.8 Å². The highest BCUT2D eigenvalue weighted by Crippen LogP contribution is 2.26. The third-order valence-electron chi connectivity index (χ3n) is 5.99. The molecule has 0 radical (unpaired) electrons. The molecule has 6 heteroatoms. The largest absolute Gasteiger partial charge is 0.352 e. The minimum absolute atomic E-state index is 0.123. The molecule has 3 aromatic rings.